The fourth-order valence-corrected chi connectivity index (χ4v) is 4.80. The van der Waals surface area contributed by atoms with Crippen molar-refractivity contribution in [3.63, 3.8) is 0 Å². The number of nitrogens with zero attached hydrogens (tertiary/aromatic N) is 4. The summed E-state index contributed by atoms with van der Waals surface area (Å²) in [6.45, 7) is 0.0673. The van der Waals surface area contributed by atoms with Gasteiger partial charge in [-0.3, -0.25) is 0 Å². The first-order valence-electron chi connectivity index (χ1n) is 10.8. The molecular formula is C24H21ClF3N5O2. The quantitative estimate of drug-likeness (QED) is 0.400. The van der Waals surface area contributed by atoms with Crippen molar-refractivity contribution in [3.05, 3.63) is 76.5 Å². The second-order valence-corrected chi connectivity index (χ2v) is 9.33. The van der Waals surface area contributed by atoms with Gasteiger partial charge in [0.25, 0.3) is 0 Å². The van der Waals surface area contributed by atoms with Gasteiger partial charge in [0.1, 0.15) is 22.8 Å². The summed E-state index contributed by atoms with van der Waals surface area (Å²) in [5, 5.41) is 10.3. The molecule has 35 heavy (non-hydrogen) atoms. The van der Waals surface area contributed by atoms with Crippen LogP contribution in [0, 0.1) is 5.82 Å². The molecule has 0 radical (unpaired) electrons. The van der Waals surface area contributed by atoms with Gasteiger partial charge in [0.15, 0.2) is 5.82 Å². The van der Waals surface area contributed by atoms with Crippen molar-refractivity contribution in [3.8, 4) is 16.9 Å². The van der Waals surface area contributed by atoms with E-state index in [9.17, 15) is 13.9 Å². The normalized spacial score (nSPS) is 17.9. The molecule has 1 aliphatic rings. The highest BCUT2D eigenvalue weighted by molar-refractivity contribution is 6.31. The van der Waals surface area contributed by atoms with Crippen LogP contribution in [0.4, 0.5) is 13.2 Å². The Balaban J connectivity index is 1.66. The number of nitrogens with two attached hydrogens (primary N) is 1. The first-order chi connectivity index (χ1) is 16.5. The third-order valence-electron chi connectivity index (χ3n) is 6.03. The molecule has 0 fully saturated rings. The lowest BCUT2D eigenvalue weighted by Crippen LogP contribution is -2.19. The van der Waals surface area contributed by atoms with Crippen molar-refractivity contribution in [2.75, 3.05) is 0 Å². The summed E-state index contributed by atoms with van der Waals surface area (Å²) in [5.41, 5.74) is 7.51. The van der Waals surface area contributed by atoms with Crippen molar-refractivity contribution >= 4 is 17.2 Å². The number of hydrogen-bond donors (Lipinski definition) is 2. The predicted molar refractivity (Wildman–Crippen MR) is 123 cm³/mol. The zero-order chi connectivity index (χ0) is 25.1. The van der Waals surface area contributed by atoms with Crippen LogP contribution in [-0.4, -0.2) is 31.1 Å². The van der Waals surface area contributed by atoms with Gasteiger partial charge in [-0.25, -0.2) is 19.3 Å². The highest BCUT2D eigenvalue weighted by atomic mass is 35.5. The average Bonchev–Trinajstić information content (AvgIpc) is 3.29. The van der Waals surface area contributed by atoms with Gasteiger partial charge in [0.2, 0.25) is 0 Å². The van der Waals surface area contributed by atoms with Gasteiger partial charge in [-0.1, -0.05) is 17.7 Å². The molecule has 0 amide bonds. The molecule has 1 aromatic carbocycles. The van der Waals surface area contributed by atoms with Crippen LogP contribution in [0.3, 0.4) is 0 Å². The molecule has 0 saturated carbocycles. The molecule has 0 aliphatic heterocycles. The molecule has 7 nitrogen and oxygen atoms in total. The number of benzene rings is 1. The van der Waals surface area contributed by atoms with Crippen LogP contribution in [0.5, 0.6) is 5.75 Å². The Morgan fingerprint density at radius 3 is 2.63 bits per heavy atom. The molecule has 3 heterocycles. The standard InChI is InChI=1S/C24H21ClF3N5O2/c1-24(2,34)22-30-8-11(9-31-22)13-10-33-18(7-15(13)26)32-20-16(29)6-12(21(20)33)19-14(25)4-3-5-17(19)35-23(27)28/h3-5,7-10,12,16,23,34H,6,29H2,1-2H3/t12-,16-/m1/s1. The summed E-state index contributed by atoms with van der Waals surface area (Å²) in [7, 11) is 0. The summed E-state index contributed by atoms with van der Waals surface area (Å²) in [6, 6.07) is 5.30. The zero-order valence-electron chi connectivity index (χ0n) is 18.7. The van der Waals surface area contributed by atoms with Gasteiger partial charge in [-0.05, 0) is 32.4 Å². The van der Waals surface area contributed by atoms with Gasteiger partial charge in [0, 0.05) is 58.3 Å². The number of fused-ring (bicyclic) bond motifs is 3. The number of alkyl halides is 2. The first kappa shape index (κ1) is 23.5. The lowest BCUT2D eigenvalue weighted by Gasteiger charge is -2.19. The van der Waals surface area contributed by atoms with E-state index in [1.807, 2.05) is 0 Å². The molecule has 0 bridgehead atoms. The molecule has 3 aromatic heterocycles. The molecule has 0 spiro atoms. The van der Waals surface area contributed by atoms with Crippen molar-refractivity contribution in [1.29, 1.82) is 0 Å². The van der Waals surface area contributed by atoms with E-state index in [2.05, 4.69) is 15.0 Å². The van der Waals surface area contributed by atoms with Crippen molar-refractivity contribution in [2.24, 2.45) is 5.73 Å². The Bertz CT molecular complexity index is 1420. The fourth-order valence-electron chi connectivity index (χ4n) is 4.50. The second kappa shape index (κ2) is 8.47. The lowest BCUT2D eigenvalue weighted by molar-refractivity contribution is -0.0505. The Labute approximate surface area is 203 Å². The number of rotatable bonds is 5. The fraction of sp³-hybridized carbons (Fsp3) is 0.292. The van der Waals surface area contributed by atoms with Gasteiger partial charge < -0.3 is 20.0 Å². The minimum absolute atomic E-state index is 0.0505. The number of pyridine rings is 1. The van der Waals surface area contributed by atoms with Crippen LogP contribution in [0.15, 0.2) is 42.9 Å². The number of aromatic nitrogens is 4. The van der Waals surface area contributed by atoms with E-state index in [1.54, 1.807) is 30.5 Å². The Hall–Kier alpha value is -3.21. The van der Waals surface area contributed by atoms with Gasteiger partial charge in [-0.2, -0.15) is 8.78 Å². The monoisotopic (exact) mass is 503 g/mol. The molecule has 1 aliphatic carbocycles. The van der Waals surface area contributed by atoms with Gasteiger partial charge >= 0.3 is 6.61 Å². The SMILES string of the molecule is CC(C)(O)c1ncc(-c2cn3c4c(nc3cc2F)[C@H](N)C[C@@H]4c2c(Cl)cccc2OC(F)F)cn1. The lowest BCUT2D eigenvalue weighted by atomic mass is 9.95. The second-order valence-electron chi connectivity index (χ2n) is 8.92. The Morgan fingerprint density at radius 2 is 1.97 bits per heavy atom. The summed E-state index contributed by atoms with van der Waals surface area (Å²) >= 11 is 6.44. The van der Waals surface area contributed by atoms with Crippen LogP contribution in [0.2, 0.25) is 5.02 Å². The van der Waals surface area contributed by atoms with Crippen LogP contribution >= 0.6 is 11.6 Å². The number of halogens is 4. The van der Waals surface area contributed by atoms with E-state index in [0.717, 1.165) is 0 Å². The molecule has 2 atom stereocenters. The van der Waals surface area contributed by atoms with Crippen LogP contribution < -0.4 is 10.5 Å². The third-order valence-corrected chi connectivity index (χ3v) is 6.36. The first-order valence-corrected chi connectivity index (χ1v) is 11.2. The number of ether oxygens (including phenoxy) is 1. The molecule has 3 N–H and O–H groups in total. The number of hydrogen-bond acceptors (Lipinski definition) is 6. The Morgan fingerprint density at radius 1 is 1.26 bits per heavy atom. The maximum Gasteiger partial charge on any atom is 0.387 e. The van der Waals surface area contributed by atoms with Crippen LogP contribution in [0.1, 0.15) is 55.0 Å². The molecule has 0 unspecified atom stereocenters. The third kappa shape index (κ3) is 4.11. The topological polar surface area (TPSA) is 98.6 Å². The number of aliphatic hydroxyl groups is 1. The average molecular weight is 504 g/mol. The number of imidazole rings is 1. The van der Waals surface area contributed by atoms with Gasteiger partial charge in [-0.15, -0.1) is 0 Å². The van der Waals surface area contributed by atoms with Crippen molar-refractivity contribution < 1.29 is 23.0 Å². The van der Waals surface area contributed by atoms with Crippen molar-refractivity contribution in [1.82, 2.24) is 19.4 Å². The highest BCUT2D eigenvalue weighted by Gasteiger charge is 2.38. The largest absolute Gasteiger partial charge is 0.434 e. The highest BCUT2D eigenvalue weighted by Crippen LogP contribution is 2.48. The molecule has 182 valence electrons. The van der Waals surface area contributed by atoms with Crippen LogP contribution in [-0.2, 0) is 5.60 Å². The van der Waals surface area contributed by atoms with Gasteiger partial charge in [0.05, 0.1) is 11.4 Å². The van der Waals surface area contributed by atoms with E-state index in [0.29, 0.717) is 34.6 Å². The maximum atomic E-state index is 15.1. The van der Waals surface area contributed by atoms with E-state index >= 15 is 4.39 Å². The van der Waals surface area contributed by atoms with E-state index < -0.39 is 30.0 Å². The van der Waals surface area contributed by atoms with E-state index in [1.165, 1.54) is 30.6 Å². The minimum Gasteiger partial charge on any atom is -0.434 e. The summed E-state index contributed by atoms with van der Waals surface area (Å²) in [4.78, 5) is 12.8. The minimum atomic E-state index is -3.03. The molecule has 4 aromatic rings. The smallest absolute Gasteiger partial charge is 0.387 e. The summed E-state index contributed by atoms with van der Waals surface area (Å²) < 4.78 is 47.7. The Kier molecular flexibility index (Phi) is 5.70. The zero-order valence-corrected chi connectivity index (χ0v) is 19.5. The summed E-state index contributed by atoms with van der Waals surface area (Å²) in [6.07, 6.45) is 4.76. The molecule has 5 rings (SSSR count). The van der Waals surface area contributed by atoms with E-state index in [4.69, 9.17) is 22.1 Å². The maximum absolute atomic E-state index is 15.1. The molecule has 11 heteroatoms. The molecule has 0 saturated heterocycles. The van der Waals surface area contributed by atoms with Crippen molar-refractivity contribution in [2.45, 2.75) is 44.4 Å². The summed E-state index contributed by atoms with van der Waals surface area (Å²) in [5.74, 6) is -0.914. The van der Waals surface area contributed by atoms with Crippen LogP contribution in [0.25, 0.3) is 16.8 Å². The molecular weight excluding hydrogens is 483 g/mol. The predicted octanol–water partition coefficient (Wildman–Crippen LogP) is 4.95. The van der Waals surface area contributed by atoms with E-state index in [-0.39, 0.29) is 22.2 Å².